The highest BCUT2D eigenvalue weighted by molar-refractivity contribution is 5.48. The number of nitro benzene ring substituents is 1. The molecular formula is C9H11NO4. The van der Waals surface area contributed by atoms with Gasteiger partial charge in [0.05, 0.1) is 12.0 Å². The van der Waals surface area contributed by atoms with Crippen molar-refractivity contribution in [3.8, 4) is 5.75 Å². The van der Waals surface area contributed by atoms with Gasteiger partial charge in [-0.2, -0.15) is 0 Å². The molecule has 5 nitrogen and oxygen atoms in total. The summed E-state index contributed by atoms with van der Waals surface area (Å²) < 4.78 is 4.84. The van der Waals surface area contributed by atoms with Crippen LogP contribution in [0.1, 0.15) is 5.56 Å². The predicted octanol–water partition coefficient (Wildman–Crippen LogP) is 1.14. The van der Waals surface area contributed by atoms with E-state index in [2.05, 4.69) is 0 Å². The second-order valence-corrected chi connectivity index (χ2v) is 2.74. The van der Waals surface area contributed by atoms with Crippen molar-refractivity contribution < 1.29 is 14.8 Å². The number of rotatable bonds is 4. The van der Waals surface area contributed by atoms with Crippen LogP contribution >= 0.6 is 0 Å². The Hall–Kier alpha value is -1.62. The van der Waals surface area contributed by atoms with Crippen molar-refractivity contribution in [1.82, 2.24) is 0 Å². The quantitative estimate of drug-likeness (QED) is 0.580. The van der Waals surface area contributed by atoms with Crippen LogP contribution in [-0.4, -0.2) is 23.7 Å². The summed E-state index contributed by atoms with van der Waals surface area (Å²) in [5, 5.41) is 19.3. The van der Waals surface area contributed by atoms with Crippen LogP contribution in [0.3, 0.4) is 0 Å². The minimum atomic E-state index is -0.500. The molecule has 0 saturated heterocycles. The lowest BCUT2D eigenvalue weighted by Gasteiger charge is -2.03. The van der Waals surface area contributed by atoms with Crippen LogP contribution < -0.4 is 4.74 Å². The zero-order valence-electron chi connectivity index (χ0n) is 7.77. The summed E-state index contributed by atoms with van der Waals surface area (Å²) in [5.41, 5.74) is 0.651. The molecule has 0 bridgehead atoms. The fourth-order valence-corrected chi connectivity index (χ4v) is 1.16. The number of ether oxygens (including phenoxy) is 1. The van der Waals surface area contributed by atoms with Crippen LogP contribution in [0.15, 0.2) is 18.2 Å². The summed E-state index contributed by atoms with van der Waals surface area (Å²) in [5.74, 6) is 0.233. The molecule has 0 heterocycles. The molecule has 0 aliphatic carbocycles. The number of hydrogen-bond acceptors (Lipinski definition) is 4. The fourth-order valence-electron chi connectivity index (χ4n) is 1.16. The lowest BCUT2D eigenvalue weighted by molar-refractivity contribution is -0.385. The fraction of sp³-hybridized carbons (Fsp3) is 0.333. The Bertz CT molecular complexity index is 338. The van der Waals surface area contributed by atoms with Crippen molar-refractivity contribution in [2.75, 3.05) is 13.7 Å². The second-order valence-electron chi connectivity index (χ2n) is 2.74. The third kappa shape index (κ3) is 2.20. The van der Waals surface area contributed by atoms with E-state index >= 15 is 0 Å². The molecule has 0 unspecified atom stereocenters. The second kappa shape index (κ2) is 4.57. The molecule has 1 rings (SSSR count). The molecule has 0 saturated carbocycles. The normalized spacial score (nSPS) is 9.86. The molecule has 0 aliphatic heterocycles. The van der Waals surface area contributed by atoms with Gasteiger partial charge in [-0.1, -0.05) is 6.07 Å². The molecule has 5 heteroatoms. The van der Waals surface area contributed by atoms with Gasteiger partial charge in [0.25, 0.3) is 0 Å². The van der Waals surface area contributed by atoms with E-state index in [1.807, 2.05) is 0 Å². The predicted molar refractivity (Wildman–Crippen MR) is 50.4 cm³/mol. The molecule has 0 radical (unpaired) electrons. The molecule has 0 aliphatic rings. The maximum atomic E-state index is 10.6. The molecule has 14 heavy (non-hydrogen) atoms. The van der Waals surface area contributed by atoms with Crippen LogP contribution in [0.4, 0.5) is 5.69 Å². The Morgan fingerprint density at radius 3 is 2.79 bits per heavy atom. The maximum Gasteiger partial charge on any atom is 0.311 e. The van der Waals surface area contributed by atoms with E-state index in [1.54, 1.807) is 6.07 Å². The molecule has 1 aromatic rings. The standard InChI is InChI=1S/C9H11NO4/c1-14-9-3-2-7(4-5-11)6-8(9)10(12)13/h2-3,6,11H,4-5H2,1H3. The molecule has 0 fully saturated rings. The third-order valence-electron chi connectivity index (χ3n) is 1.84. The van der Waals surface area contributed by atoms with Gasteiger partial charge >= 0.3 is 5.69 Å². The topological polar surface area (TPSA) is 72.6 Å². The Labute approximate surface area is 81.1 Å². The minimum Gasteiger partial charge on any atom is -0.490 e. The highest BCUT2D eigenvalue weighted by atomic mass is 16.6. The van der Waals surface area contributed by atoms with Crippen molar-refractivity contribution in [1.29, 1.82) is 0 Å². The van der Waals surface area contributed by atoms with E-state index in [1.165, 1.54) is 19.2 Å². The number of nitro groups is 1. The molecule has 0 atom stereocenters. The number of aliphatic hydroxyl groups excluding tert-OH is 1. The highest BCUT2D eigenvalue weighted by Crippen LogP contribution is 2.27. The van der Waals surface area contributed by atoms with Crippen LogP contribution in [0.5, 0.6) is 5.75 Å². The van der Waals surface area contributed by atoms with Gasteiger partial charge in [0.1, 0.15) is 0 Å². The van der Waals surface area contributed by atoms with Crippen molar-refractivity contribution in [2.24, 2.45) is 0 Å². The van der Waals surface area contributed by atoms with Crippen LogP contribution in [0, 0.1) is 10.1 Å². The lowest BCUT2D eigenvalue weighted by atomic mass is 10.1. The lowest BCUT2D eigenvalue weighted by Crippen LogP contribution is -1.97. The highest BCUT2D eigenvalue weighted by Gasteiger charge is 2.14. The average Bonchev–Trinajstić information content (AvgIpc) is 2.18. The van der Waals surface area contributed by atoms with Gasteiger partial charge in [-0.3, -0.25) is 10.1 Å². The average molecular weight is 197 g/mol. The summed E-state index contributed by atoms with van der Waals surface area (Å²) in [7, 11) is 1.38. The van der Waals surface area contributed by atoms with Gasteiger partial charge in [0.2, 0.25) is 0 Å². The summed E-state index contributed by atoms with van der Waals surface area (Å²) >= 11 is 0. The van der Waals surface area contributed by atoms with Crippen LogP contribution in [-0.2, 0) is 6.42 Å². The molecular weight excluding hydrogens is 186 g/mol. The molecule has 0 spiro atoms. The molecule has 1 aromatic carbocycles. The summed E-state index contributed by atoms with van der Waals surface area (Å²) in [6, 6.07) is 4.64. The first-order chi connectivity index (χ1) is 6.69. The zero-order valence-corrected chi connectivity index (χ0v) is 7.77. The first-order valence-corrected chi connectivity index (χ1v) is 4.11. The summed E-state index contributed by atoms with van der Waals surface area (Å²) in [6.45, 7) is -0.0243. The molecule has 0 aromatic heterocycles. The van der Waals surface area contributed by atoms with E-state index < -0.39 is 4.92 Å². The van der Waals surface area contributed by atoms with E-state index in [9.17, 15) is 10.1 Å². The van der Waals surface area contributed by atoms with Gasteiger partial charge in [0, 0.05) is 12.7 Å². The Morgan fingerprint density at radius 2 is 2.29 bits per heavy atom. The number of hydrogen-bond donors (Lipinski definition) is 1. The van der Waals surface area contributed by atoms with E-state index in [4.69, 9.17) is 9.84 Å². The number of nitrogens with zero attached hydrogens (tertiary/aromatic N) is 1. The maximum absolute atomic E-state index is 10.6. The molecule has 1 N–H and O–H groups in total. The number of aliphatic hydroxyl groups is 1. The first-order valence-electron chi connectivity index (χ1n) is 4.11. The molecule has 0 amide bonds. The van der Waals surface area contributed by atoms with E-state index in [0.29, 0.717) is 6.42 Å². The molecule has 76 valence electrons. The van der Waals surface area contributed by atoms with Gasteiger partial charge in [-0.25, -0.2) is 0 Å². The first kappa shape index (κ1) is 10.5. The van der Waals surface area contributed by atoms with Crippen LogP contribution in [0.2, 0.25) is 0 Å². The van der Waals surface area contributed by atoms with Gasteiger partial charge in [-0.05, 0) is 18.1 Å². The van der Waals surface area contributed by atoms with Gasteiger partial charge < -0.3 is 9.84 Å². The van der Waals surface area contributed by atoms with Gasteiger partial charge in [0.15, 0.2) is 5.75 Å². The Morgan fingerprint density at radius 1 is 1.57 bits per heavy atom. The van der Waals surface area contributed by atoms with E-state index in [-0.39, 0.29) is 18.0 Å². The Balaban J connectivity index is 3.07. The van der Waals surface area contributed by atoms with Crippen LogP contribution in [0.25, 0.3) is 0 Å². The zero-order chi connectivity index (χ0) is 10.6. The summed E-state index contributed by atoms with van der Waals surface area (Å²) in [6.07, 6.45) is 0.408. The van der Waals surface area contributed by atoms with Gasteiger partial charge in [-0.15, -0.1) is 0 Å². The van der Waals surface area contributed by atoms with Crippen molar-refractivity contribution in [3.63, 3.8) is 0 Å². The van der Waals surface area contributed by atoms with Crippen molar-refractivity contribution in [2.45, 2.75) is 6.42 Å². The van der Waals surface area contributed by atoms with Crippen molar-refractivity contribution >= 4 is 5.69 Å². The van der Waals surface area contributed by atoms with E-state index in [0.717, 1.165) is 5.56 Å². The Kier molecular flexibility index (Phi) is 3.41. The summed E-state index contributed by atoms with van der Waals surface area (Å²) in [4.78, 5) is 10.1. The smallest absolute Gasteiger partial charge is 0.311 e. The number of benzene rings is 1. The van der Waals surface area contributed by atoms with Crippen molar-refractivity contribution in [3.05, 3.63) is 33.9 Å². The monoisotopic (exact) mass is 197 g/mol. The number of methoxy groups -OCH3 is 1. The SMILES string of the molecule is COc1ccc(CCO)cc1[N+](=O)[O-]. The minimum absolute atomic E-state index is 0.0243. The largest absolute Gasteiger partial charge is 0.490 e. The third-order valence-corrected chi connectivity index (χ3v) is 1.84.